The van der Waals surface area contributed by atoms with Crippen molar-refractivity contribution in [3.05, 3.63) is 12.2 Å². The Morgan fingerprint density at radius 2 is 2.14 bits per heavy atom. The van der Waals surface area contributed by atoms with Gasteiger partial charge in [0.15, 0.2) is 5.83 Å². The fraction of sp³-hybridized carbons (Fsp3) is 0.333. The molecule has 0 radical (unpaired) electrons. The van der Waals surface area contributed by atoms with E-state index < -0.39 is 17.8 Å². The Kier molecular flexibility index (Phi) is 2.83. The van der Waals surface area contributed by atoms with Gasteiger partial charge in [-0.3, -0.25) is 0 Å². The second-order valence-corrected chi connectivity index (χ2v) is 1.18. The van der Waals surface area contributed by atoms with Crippen molar-refractivity contribution in [3.63, 3.8) is 0 Å². The van der Waals surface area contributed by atoms with Gasteiger partial charge in [0, 0.05) is 0 Å². The van der Waals surface area contributed by atoms with E-state index in [1.54, 1.807) is 0 Å². The van der Waals surface area contributed by atoms with E-state index in [-0.39, 0.29) is 0 Å². The van der Waals surface area contributed by atoms with E-state index >= 15 is 0 Å². The SMILES string of the molecule is FC=C(F)C(F)Cl. The van der Waals surface area contributed by atoms with Crippen LogP contribution >= 0.6 is 11.6 Å². The highest BCUT2D eigenvalue weighted by Gasteiger charge is 2.05. The van der Waals surface area contributed by atoms with Gasteiger partial charge in [0.2, 0.25) is 5.63 Å². The first-order valence-electron chi connectivity index (χ1n) is 1.42. The van der Waals surface area contributed by atoms with Crippen LogP contribution in [0.4, 0.5) is 13.2 Å². The van der Waals surface area contributed by atoms with Crippen LogP contribution in [0, 0.1) is 0 Å². The number of halogens is 4. The number of alkyl halides is 2. The molecular formula is C3H2ClF3. The molecule has 0 heterocycles. The summed E-state index contributed by atoms with van der Waals surface area (Å²) in [4.78, 5) is 0. The van der Waals surface area contributed by atoms with Crippen molar-refractivity contribution in [1.29, 1.82) is 0 Å². The summed E-state index contributed by atoms with van der Waals surface area (Å²) in [5.74, 6) is -1.60. The molecule has 0 fully saturated rings. The van der Waals surface area contributed by atoms with Crippen molar-refractivity contribution >= 4 is 11.6 Å². The van der Waals surface area contributed by atoms with Crippen molar-refractivity contribution < 1.29 is 13.2 Å². The predicted molar refractivity (Wildman–Crippen MR) is 21.0 cm³/mol. The standard InChI is InChI=1S/C3H2ClF3/c4-3(7)2(6)1-5/h1,3H. The van der Waals surface area contributed by atoms with Crippen molar-refractivity contribution in [1.82, 2.24) is 0 Å². The fourth-order valence-corrected chi connectivity index (χ4v) is 0.0952. The third-order valence-electron chi connectivity index (χ3n) is 0.313. The van der Waals surface area contributed by atoms with E-state index in [1.165, 1.54) is 0 Å². The molecule has 4 heteroatoms. The highest BCUT2D eigenvalue weighted by Crippen LogP contribution is 2.11. The maximum atomic E-state index is 11.2. The zero-order valence-electron chi connectivity index (χ0n) is 3.17. The Hall–Kier alpha value is -0.180. The van der Waals surface area contributed by atoms with Crippen LogP contribution in [-0.2, 0) is 0 Å². The van der Waals surface area contributed by atoms with Crippen LogP contribution in [0.3, 0.4) is 0 Å². The van der Waals surface area contributed by atoms with E-state index in [0.717, 1.165) is 0 Å². The smallest absolute Gasteiger partial charge is 0.222 e. The second kappa shape index (κ2) is 2.91. The molecule has 1 atom stereocenters. The van der Waals surface area contributed by atoms with Gasteiger partial charge in [0.25, 0.3) is 0 Å². The van der Waals surface area contributed by atoms with Crippen LogP contribution in [0.2, 0.25) is 0 Å². The second-order valence-electron chi connectivity index (χ2n) is 0.795. The number of hydrogen-bond acceptors (Lipinski definition) is 0. The summed E-state index contributed by atoms with van der Waals surface area (Å²) >= 11 is 4.38. The van der Waals surface area contributed by atoms with Crippen LogP contribution in [0.25, 0.3) is 0 Å². The summed E-state index contributed by atoms with van der Waals surface area (Å²) < 4.78 is 33.2. The molecule has 0 aliphatic heterocycles. The van der Waals surface area contributed by atoms with Crippen LogP contribution in [0.15, 0.2) is 12.2 Å². The molecule has 0 aromatic carbocycles. The van der Waals surface area contributed by atoms with Crippen LogP contribution < -0.4 is 0 Å². The Bertz CT molecular complexity index is 78.2. The molecule has 0 rings (SSSR count). The van der Waals surface area contributed by atoms with Gasteiger partial charge in [0.05, 0.1) is 0 Å². The largest absolute Gasteiger partial charge is 0.226 e. The van der Waals surface area contributed by atoms with Crippen LogP contribution in [-0.4, -0.2) is 5.63 Å². The van der Waals surface area contributed by atoms with E-state index in [0.29, 0.717) is 0 Å². The van der Waals surface area contributed by atoms with E-state index in [9.17, 15) is 13.2 Å². The Morgan fingerprint density at radius 1 is 1.71 bits per heavy atom. The van der Waals surface area contributed by atoms with Crippen LogP contribution in [0.5, 0.6) is 0 Å². The predicted octanol–water partition coefficient (Wildman–Crippen LogP) is 2.30. The average molecular weight is 130 g/mol. The van der Waals surface area contributed by atoms with Crippen LogP contribution in [0.1, 0.15) is 0 Å². The quantitative estimate of drug-likeness (QED) is 0.478. The molecule has 0 bridgehead atoms. The minimum Gasteiger partial charge on any atom is -0.222 e. The lowest BCUT2D eigenvalue weighted by atomic mass is 10.7. The maximum absolute atomic E-state index is 11.2. The normalized spacial score (nSPS) is 16.9. The highest BCUT2D eigenvalue weighted by molar-refractivity contribution is 6.21. The zero-order valence-corrected chi connectivity index (χ0v) is 3.92. The Labute approximate surface area is 43.6 Å². The van der Waals surface area contributed by atoms with Crippen molar-refractivity contribution in [2.24, 2.45) is 0 Å². The first kappa shape index (κ1) is 6.82. The molecule has 0 amide bonds. The lowest BCUT2D eigenvalue weighted by Crippen LogP contribution is -1.85. The van der Waals surface area contributed by atoms with Gasteiger partial charge in [-0.05, 0) is 0 Å². The summed E-state index contributed by atoms with van der Waals surface area (Å²) in [6.07, 6.45) is -0.516. The summed E-state index contributed by atoms with van der Waals surface area (Å²) in [5.41, 5.74) is -2.34. The Morgan fingerprint density at radius 3 is 2.14 bits per heavy atom. The maximum Gasteiger partial charge on any atom is 0.226 e. The monoisotopic (exact) mass is 130 g/mol. The van der Waals surface area contributed by atoms with Gasteiger partial charge in [0.1, 0.15) is 6.33 Å². The topological polar surface area (TPSA) is 0 Å². The molecule has 0 N–H and O–H groups in total. The fourth-order valence-electron chi connectivity index (χ4n) is 0.0476. The molecule has 0 saturated carbocycles. The molecule has 0 aromatic heterocycles. The van der Waals surface area contributed by atoms with E-state index in [4.69, 9.17) is 0 Å². The molecule has 0 saturated heterocycles. The van der Waals surface area contributed by atoms with Gasteiger partial charge in [-0.25, -0.2) is 13.2 Å². The van der Waals surface area contributed by atoms with Crippen molar-refractivity contribution in [2.75, 3.05) is 0 Å². The Balaban J connectivity index is 3.56. The average Bonchev–Trinajstić information content (AvgIpc) is 1.65. The molecule has 42 valence electrons. The molecule has 0 nitrogen and oxygen atoms in total. The molecule has 0 aromatic rings. The van der Waals surface area contributed by atoms with E-state index in [2.05, 4.69) is 11.6 Å². The van der Waals surface area contributed by atoms with Gasteiger partial charge in [-0.1, -0.05) is 11.6 Å². The first-order chi connectivity index (χ1) is 3.18. The first-order valence-corrected chi connectivity index (χ1v) is 1.86. The highest BCUT2D eigenvalue weighted by atomic mass is 35.5. The van der Waals surface area contributed by atoms with E-state index in [1.807, 2.05) is 0 Å². The molecule has 0 aliphatic rings. The van der Waals surface area contributed by atoms with Gasteiger partial charge >= 0.3 is 0 Å². The molecule has 0 aliphatic carbocycles. The van der Waals surface area contributed by atoms with Gasteiger partial charge < -0.3 is 0 Å². The summed E-state index contributed by atoms with van der Waals surface area (Å²) in [6.45, 7) is 0. The summed E-state index contributed by atoms with van der Waals surface area (Å²) in [7, 11) is 0. The molecule has 0 spiro atoms. The zero-order chi connectivity index (χ0) is 5.86. The van der Waals surface area contributed by atoms with Gasteiger partial charge in [-0.2, -0.15) is 0 Å². The summed E-state index contributed by atoms with van der Waals surface area (Å²) in [5, 5.41) is 0. The van der Waals surface area contributed by atoms with Crippen molar-refractivity contribution in [2.45, 2.75) is 5.63 Å². The third-order valence-corrected chi connectivity index (χ3v) is 0.521. The molecule has 7 heavy (non-hydrogen) atoms. The summed E-state index contributed by atoms with van der Waals surface area (Å²) in [6, 6.07) is 0. The molecular weight excluding hydrogens is 128 g/mol. The van der Waals surface area contributed by atoms with Gasteiger partial charge in [-0.15, -0.1) is 0 Å². The molecule has 1 unspecified atom stereocenters. The lowest BCUT2D eigenvalue weighted by Gasteiger charge is -1.87. The number of allylic oxidation sites excluding steroid dienone is 1. The minimum absolute atomic E-state index is 0.516. The number of rotatable bonds is 1. The number of hydrogen-bond donors (Lipinski definition) is 0. The lowest BCUT2D eigenvalue weighted by molar-refractivity contribution is 0.405. The third kappa shape index (κ3) is 2.51. The van der Waals surface area contributed by atoms with Crippen molar-refractivity contribution in [3.8, 4) is 0 Å². The minimum atomic E-state index is -2.34.